The van der Waals surface area contributed by atoms with Crippen molar-refractivity contribution in [3.63, 3.8) is 0 Å². The normalized spacial score (nSPS) is 17.8. The molecule has 2 fully saturated rings. The van der Waals surface area contributed by atoms with Gasteiger partial charge in [0.05, 0.1) is 0 Å². The molecule has 0 aliphatic heterocycles. The van der Waals surface area contributed by atoms with Gasteiger partial charge in [-0.3, -0.25) is 0 Å². The lowest BCUT2D eigenvalue weighted by molar-refractivity contribution is 0.0484. The minimum Gasteiger partial charge on any atom is -0.488 e. The number of ether oxygens (including phenoxy) is 4. The van der Waals surface area contributed by atoms with E-state index < -0.39 is 0 Å². The Balaban J connectivity index is 0.000000364. The van der Waals surface area contributed by atoms with Gasteiger partial charge in [0.2, 0.25) is 0 Å². The summed E-state index contributed by atoms with van der Waals surface area (Å²) in [5, 5.41) is 0. The van der Waals surface area contributed by atoms with Gasteiger partial charge in [-0.1, -0.05) is 71.7 Å². The highest BCUT2D eigenvalue weighted by atomic mass is 16.5. The quantitative estimate of drug-likeness (QED) is 0.303. The Labute approximate surface area is 266 Å². The molecule has 43 heavy (non-hydrogen) atoms. The largest absolute Gasteiger partial charge is 0.488 e. The first-order valence-corrected chi connectivity index (χ1v) is 16.8. The van der Waals surface area contributed by atoms with Crippen LogP contribution in [0.1, 0.15) is 143 Å². The fourth-order valence-corrected chi connectivity index (χ4v) is 5.65. The van der Waals surface area contributed by atoms with Crippen molar-refractivity contribution in [2.24, 2.45) is 0 Å². The molecule has 0 radical (unpaired) electrons. The van der Waals surface area contributed by atoms with Crippen LogP contribution in [0.5, 0.6) is 11.5 Å². The summed E-state index contributed by atoms with van der Waals surface area (Å²) in [4.78, 5) is 0. The summed E-state index contributed by atoms with van der Waals surface area (Å²) in [6, 6.07) is 17.5. The minimum absolute atomic E-state index is 0.0556. The zero-order valence-corrected chi connectivity index (χ0v) is 29.8. The Bertz CT molecular complexity index is 950. The molecular weight excluding hydrogens is 532 g/mol. The molecule has 2 aromatic rings. The Morgan fingerprint density at radius 3 is 1.30 bits per heavy atom. The number of hydrogen-bond acceptors (Lipinski definition) is 4. The van der Waals surface area contributed by atoms with E-state index >= 15 is 0 Å². The maximum absolute atomic E-state index is 6.24. The van der Waals surface area contributed by atoms with Crippen molar-refractivity contribution >= 4 is 0 Å². The van der Waals surface area contributed by atoms with Crippen LogP contribution >= 0.6 is 0 Å². The second-order valence-corrected chi connectivity index (χ2v) is 13.7. The lowest BCUT2D eigenvalue weighted by atomic mass is 9.82. The Hall–Kier alpha value is -2.04. The van der Waals surface area contributed by atoms with Gasteiger partial charge in [-0.25, -0.2) is 0 Å². The van der Waals surface area contributed by atoms with E-state index in [4.69, 9.17) is 9.47 Å². The molecule has 2 aliphatic rings. The molecule has 0 N–H and O–H groups in total. The van der Waals surface area contributed by atoms with Crippen molar-refractivity contribution in [2.75, 3.05) is 28.4 Å². The molecule has 0 amide bonds. The molecule has 4 rings (SSSR count). The Morgan fingerprint density at radius 1 is 0.628 bits per heavy atom. The third kappa shape index (κ3) is 14.5. The smallest absolute Gasteiger partial charge is 0.120 e. The van der Waals surface area contributed by atoms with Crippen molar-refractivity contribution in [2.45, 2.75) is 148 Å². The van der Waals surface area contributed by atoms with Crippen LogP contribution in [-0.2, 0) is 14.9 Å². The molecule has 2 saturated carbocycles. The van der Waals surface area contributed by atoms with Crippen LogP contribution < -0.4 is 9.47 Å². The van der Waals surface area contributed by atoms with Crippen LogP contribution in [0, 0.1) is 0 Å². The molecule has 2 aliphatic carbocycles. The highest BCUT2D eigenvalue weighted by molar-refractivity contribution is 5.32. The third-order valence-corrected chi connectivity index (χ3v) is 9.13. The van der Waals surface area contributed by atoms with Crippen LogP contribution in [0.4, 0.5) is 0 Å². The van der Waals surface area contributed by atoms with Crippen LogP contribution in [0.2, 0.25) is 0 Å². The lowest BCUT2D eigenvalue weighted by Gasteiger charge is -2.34. The van der Waals surface area contributed by atoms with Crippen LogP contribution in [0.3, 0.4) is 0 Å². The maximum Gasteiger partial charge on any atom is 0.120 e. The van der Waals surface area contributed by atoms with Crippen molar-refractivity contribution in [1.82, 2.24) is 0 Å². The van der Waals surface area contributed by atoms with Crippen molar-refractivity contribution in [3.8, 4) is 11.5 Å². The van der Waals surface area contributed by atoms with E-state index in [1.54, 1.807) is 28.4 Å². The van der Waals surface area contributed by atoms with E-state index in [-0.39, 0.29) is 16.6 Å². The first-order valence-electron chi connectivity index (χ1n) is 16.8. The summed E-state index contributed by atoms with van der Waals surface area (Å²) in [6.45, 7) is 15.9. The molecule has 0 heterocycles. The van der Waals surface area contributed by atoms with Gasteiger partial charge in [0.15, 0.2) is 0 Å². The molecule has 0 spiro atoms. The van der Waals surface area contributed by atoms with Gasteiger partial charge in [0.25, 0.3) is 0 Å². The Kier molecular flexibility index (Phi) is 18.2. The van der Waals surface area contributed by atoms with Gasteiger partial charge in [-0.05, 0) is 125 Å². The molecule has 0 bridgehead atoms. The molecule has 0 saturated heterocycles. The van der Waals surface area contributed by atoms with E-state index in [1.807, 2.05) is 0 Å². The molecule has 2 aromatic carbocycles. The summed E-state index contributed by atoms with van der Waals surface area (Å²) in [5.74, 6) is 2.70. The van der Waals surface area contributed by atoms with Gasteiger partial charge >= 0.3 is 0 Å². The SMILES string of the molecule is CCC(C)(C)c1ccc(OC2(C)CCCCC2)cc1.CCC(C)c1ccc(OC2(C)CCCCC2)cc1.COC.COC. The predicted octanol–water partition coefficient (Wildman–Crippen LogP) is 11.3. The van der Waals surface area contributed by atoms with Crippen LogP contribution in [0.25, 0.3) is 0 Å². The number of rotatable bonds is 8. The number of benzene rings is 2. The number of hydrogen-bond donors (Lipinski definition) is 0. The van der Waals surface area contributed by atoms with Crippen molar-refractivity contribution in [1.29, 1.82) is 0 Å². The van der Waals surface area contributed by atoms with Gasteiger partial charge in [-0.15, -0.1) is 0 Å². The predicted molar refractivity (Wildman–Crippen MR) is 185 cm³/mol. The molecule has 1 atom stereocenters. The monoisotopic (exact) mass is 598 g/mol. The highest BCUT2D eigenvalue weighted by Crippen LogP contribution is 2.35. The van der Waals surface area contributed by atoms with E-state index in [0.29, 0.717) is 5.92 Å². The second-order valence-electron chi connectivity index (χ2n) is 13.7. The van der Waals surface area contributed by atoms with Gasteiger partial charge in [0, 0.05) is 28.4 Å². The molecule has 246 valence electrons. The zero-order chi connectivity index (χ0) is 32.4. The van der Waals surface area contributed by atoms with Crippen molar-refractivity contribution in [3.05, 3.63) is 59.7 Å². The third-order valence-electron chi connectivity index (χ3n) is 9.13. The van der Waals surface area contributed by atoms with E-state index in [2.05, 4.69) is 106 Å². The fourth-order valence-electron chi connectivity index (χ4n) is 5.65. The molecule has 4 nitrogen and oxygen atoms in total. The standard InChI is InChI=1S/C18H28O.C17H26O.2C2H6O/c1-5-17(2,3)15-9-11-16(12-10-15)19-18(4)13-7-6-8-14-18;1-4-14(2)15-8-10-16(11-9-15)18-17(3)12-6-5-7-13-17;2*1-3-2/h9-12H,5-8,13-14H2,1-4H3;8-11,14H,4-7,12-13H2,1-3H3;2*1-2H3. The minimum atomic E-state index is 0.0556. The topological polar surface area (TPSA) is 36.9 Å². The zero-order valence-electron chi connectivity index (χ0n) is 29.8. The Morgan fingerprint density at radius 2 is 0.977 bits per heavy atom. The maximum atomic E-state index is 6.24. The first kappa shape index (κ1) is 39.0. The fraction of sp³-hybridized carbons (Fsp3) is 0.692. The average Bonchev–Trinajstić information content (AvgIpc) is 2.99. The molecule has 4 heteroatoms. The lowest BCUT2D eigenvalue weighted by Crippen LogP contribution is -2.34. The summed E-state index contributed by atoms with van der Waals surface area (Å²) < 4.78 is 21.0. The average molecular weight is 599 g/mol. The summed E-state index contributed by atoms with van der Waals surface area (Å²) in [7, 11) is 6.50. The van der Waals surface area contributed by atoms with Crippen LogP contribution in [0.15, 0.2) is 48.5 Å². The molecular formula is C39H66O4. The molecule has 0 aromatic heterocycles. The second kappa shape index (κ2) is 20.1. The van der Waals surface area contributed by atoms with Crippen molar-refractivity contribution < 1.29 is 18.9 Å². The van der Waals surface area contributed by atoms with Crippen LogP contribution in [-0.4, -0.2) is 39.6 Å². The van der Waals surface area contributed by atoms with E-state index in [1.165, 1.54) is 81.8 Å². The van der Waals surface area contributed by atoms with Gasteiger partial charge < -0.3 is 18.9 Å². The van der Waals surface area contributed by atoms with E-state index in [9.17, 15) is 0 Å². The summed E-state index contributed by atoms with van der Waals surface area (Å²) in [6.07, 6.45) is 15.1. The molecule has 1 unspecified atom stereocenters. The van der Waals surface area contributed by atoms with Gasteiger partial charge in [0.1, 0.15) is 22.7 Å². The first-order chi connectivity index (χ1) is 20.4. The summed E-state index contributed by atoms with van der Waals surface area (Å²) in [5.41, 5.74) is 3.19. The summed E-state index contributed by atoms with van der Waals surface area (Å²) >= 11 is 0. The van der Waals surface area contributed by atoms with E-state index in [0.717, 1.165) is 17.9 Å². The highest BCUT2D eigenvalue weighted by Gasteiger charge is 2.29. The number of methoxy groups -OCH3 is 2. The van der Waals surface area contributed by atoms with Gasteiger partial charge in [-0.2, -0.15) is 0 Å².